The van der Waals surface area contributed by atoms with Crippen LogP contribution in [0.25, 0.3) is 0 Å². The molecule has 0 aliphatic rings. The molecule has 0 atom stereocenters. The molecule has 0 saturated carbocycles. The maximum absolute atomic E-state index is 12.6. The Morgan fingerprint density at radius 2 is 1.57 bits per heavy atom. The van der Waals surface area contributed by atoms with E-state index in [2.05, 4.69) is 0 Å². The number of aryl methyl sites for hydroxylation is 2. The average Bonchev–Trinajstić information content (AvgIpc) is 2.78. The SMILES string of the molecule is COc1ccccc1CCC(=O)Oc1ccc(N(C)C(=O)c2ccc(C)cc2)cc1. The van der Waals surface area contributed by atoms with Crippen LogP contribution in [-0.2, 0) is 11.2 Å². The van der Waals surface area contributed by atoms with Crippen LogP contribution in [0, 0.1) is 6.92 Å². The number of rotatable bonds is 7. The van der Waals surface area contributed by atoms with Crippen LogP contribution in [0.4, 0.5) is 5.69 Å². The molecule has 0 spiro atoms. The second kappa shape index (κ2) is 9.74. The van der Waals surface area contributed by atoms with Gasteiger partial charge in [0.1, 0.15) is 11.5 Å². The number of benzene rings is 3. The molecule has 154 valence electrons. The highest BCUT2D eigenvalue weighted by atomic mass is 16.5. The van der Waals surface area contributed by atoms with Crippen LogP contribution < -0.4 is 14.4 Å². The van der Waals surface area contributed by atoms with E-state index in [1.807, 2.05) is 55.5 Å². The first-order chi connectivity index (χ1) is 14.5. The highest BCUT2D eigenvalue weighted by Crippen LogP contribution is 2.22. The van der Waals surface area contributed by atoms with Crippen molar-refractivity contribution in [3.8, 4) is 11.5 Å². The van der Waals surface area contributed by atoms with Gasteiger partial charge in [0.25, 0.3) is 5.91 Å². The molecule has 5 nitrogen and oxygen atoms in total. The summed E-state index contributed by atoms with van der Waals surface area (Å²) in [5.41, 5.74) is 3.40. The molecule has 0 radical (unpaired) electrons. The van der Waals surface area contributed by atoms with Gasteiger partial charge in [0, 0.05) is 18.3 Å². The third-order valence-corrected chi connectivity index (χ3v) is 4.85. The first-order valence-electron chi connectivity index (χ1n) is 9.75. The highest BCUT2D eigenvalue weighted by Gasteiger charge is 2.14. The topological polar surface area (TPSA) is 55.8 Å². The van der Waals surface area contributed by atoms with E-state index < -0.39 is 0 Å². The zero-order valence-corrected chi connectivity index (χ0v) is 17.4. The lowest BCUT2D eigenvalue weighted by Crippen LogP contribution is -2.26. The second-order valence-corrected chi connectivity index (χ2v) is 7.01. The van der Waals surface area contributed by atoms with Gasteiger partial charge in [-0.2, -0.15) is 0 Å². The number of methoxy groups -OCH3 is 1. The van der Waals surface area contributed by atoms with Crippen LogP contribution in [0.3, 0.4) is 0 Å². The van der Waals surface area contributed by atoms with Crippen molar-refractivity contribution in [1.82, 2.24) is 0 Å². The quantitative estimate of drug-likeness (QED) is 0.419. The molecule has 0 aromatic heterocycles. The largest absolute Gasteiger partial charge is 0.496 e. The molecule has 0 aliphatic heterocycles. The van der Waals surface area contributed by atoms with Gasteiger partial charge in [0.05, 0.1) is 13.5 Å². The van der Waals surface area contributed by atoms with E-state index in [1.165, 1.54) is 0 Å². The molecule has 0 aliphatic carbocycles. The van der Waals surface area contributed by atoms with Crippen LogP contribution in [0.2, 0.25) is 0 Å². The molecule has 0 heterocycles. The number of esters is 1. The molecule has 0 saturated heterocycles. The van der Waals surface area contributed by atoms with Crippen molar-refractivity contribution in [3.05, 3.63) is 89.5 Å². The molecule has 5 heteroatoms. The summed E-state index contributed by atoms with van der Waals surface area (Å²) in [7, 11) is 3.33. The van der Waals surface area contributed by atoms with Gasteiger partial charge in [-0.05, 0) is 61.4 Å². The van der Waals surface area contributed by atoms with Gasteiger partial charge in [-0.1, -0.05) is 35.9 Å². The summed E-state index contributed by atoms with van der Waals surface area (Å²) in [6.07, 6.45) is 0.780. The Kier molecular flexibility index (Phi) is 6.86. The first kappa shape index (κ1) is 21.1. The lowest BCUT2D eigenvalue weighted by atomic mass is 10.1. The number of para-hydroxylation sites is 1. The molecule has 30 heavy (non-hydrogen) atoms. The van der Waals surface area contributed by atoms with E-state index in [4.69, 9.17) is 9.47 Å². The summed E-state index contributed by atoms with van der Waals surface area (Å²) in [6, 6.07) is 21.9. The zero-order chi connectivity index (χ0) is 21.5. The summed E-state index contributed by atoms with van der Waals surface area (Å²) in [5, 5.41) is 0. The lowest BCUT2D eigenvalue weighted by Gasteiger charge is -2.18. The maximum atomic E-state index is 12.6. The summed E-state index contributed by atoms with van der Waals surface area (Å²) >= 11 is 0. The fourth-order valence-corrected chi connectivity index (χ4v) is 3.07. The fraction of sp³-hybridized carbons (Fsp3) is 0.200. The van der Waals surface area contributed by atoms with Crippen molar-refractivity contribution in [3.63, 3.8) is 0 Å². The fourth-order valence-electron chi connectivity index (χ4n) is 3.07. The van der Waals surface area contributed by atoms with Crippen LogP contribution in [0.5, 0.6) is 11.5 Å². The Bertz CT molecular complexity index is 1010. The molecule has 0 fully saturated rings. The van der Waals surface area contributed by atoms with Gasteiger partial charge in [-0.25, -0.2) is 0 Å². The van der Waals surface area contributed by atoms with Crippen LogP contribution in [0.15, 0.2) is 72.8 Å². The van der Waals surface area contributed by atoms with E-state index in [0.29, 0.717) is 17.7 Å². The summed E-state index contributed by atoms with van der Waals surface area (Å²) < 4.78 is 10.7. The number of hydrogen-bond donors (Lipinski definition) is 0. The van der Waals surface area contributed by atoms with Crippen LogP contribution in [-0.4, -0.2) is 26.0 Å². The molecule has 3 aromatic carbocycles. The van der Waals surface area contributed by atoms with E-state index in [-0.39, 0.29) is 18.3 Å². The number of anilines is 1. The molecule has 0 bridgehead atoms. The van der Waals surface area contributed by atoms with E-state index in [0.717, 1.165) is 22.6 Å². The van der Waals surface area contributed by atoms with Crippen molar-refractivity contribution < 1.29 is 19.1 Å². The predicted molar refractivity (Wildman–Crippen MR) is 117 cm³/mol. The Hall–Kier alpha value is -3.60. The lowest BCUT2D eigenvalue weighted by molar-refractivity contribution is -0.134. The highest BCUT2D eigenvalue weighted by molar-refractivity contribution is 6.05. The van der Waals surface area contributed by atoms with Gasteiger partial charge in [0.2, 0.25) is 0 Å². The minimum atomic E-state index is -0.322. The summed E-state index contributed by atoms with van der Waals surface area (Å²) in [5.74, 6) is 0.783. The van der Waals surface area contributed by atoms with Gasteiger partial charge < -0.3 is 14.4 Å². The van der Waals surface area contributed by atoms with Crippen molar-refractivity contribution in [2.24, 2.45) is 0 Å². The number of carbonyl (C=O) groups is 2. The molecular formula is C25H25NO4. The van der Waals surface area contributed by atoms with E-state index in [1.54, 1.807) is 43.3 Å². The minimum Gasteiger partial charge on any atom is -0.496 e. The first-order valence-corrected chi connectivity index (χ1v) is 9.75. The Morgan fingerprint density at radius 3 is 2.23 bits per heavy atom. The molecular weight excluding hydrogens is 378 g/mol. The summed E-state index contributed by atoms with van der Waals surface area (Å²) in [4.78, 5) is 26.4. The van der Waals surface area contributed by atoms with Crippen molar-refractivity contribution in [2.45, 2.75) is 19.8 Å². The molecule has 0 unspecified atom stereocenters. The Labute approximate surface area is 176 Å². The predicted octanol–water partition coefficient (Wildman–Crippen LogP) is 4.82. The molecule has 3 aromatic rings. The molecule has 3 rings (SSSR count). The zero-order valence-electron chi connectivity index (χ0n) is 17.4. The molecule has 1 amide bonds. The number of hydrogen-bond acceptors (Lipinski definition) is 4. The van der Waals surface area contributed by atoms with Gasteiger partial charge in [-0.15, -0.1) is 0 Å². The second-order valence-electron chi connectivity index (χ2n) is 7.01. The third kappa shape index (κ3) is 5.26. The van der Waals surface area contributed by atoms with Gasteiger partial charge in [0.15, 0.2) is 0 Å². The Morgan fingerprint density at radius 1 is 0.900 bits per heavy atom. The van der Waals surface area contributed by atoms with Crippen LogP contribution in [0.1, 0.15) is 27.9 Å². The molecule has 0 N–H and O–H groups in total. The summed E-state index contributed by atoms with van der Waals surface area (Å²) in [6.45, 7) is 1.98. The monoisotopic (exact) mass is 403 g/mol. The number of nitrogens with zero attached hydrogens (tertiary/aromatic N) is 1. The van der Waals surface area contributed by atoms with Crippen molar-refractivity contribution in [2.75, 3.05) is 19.1 Å². The van der Waals surface area contributed by atoms with Crippen LogP contribution >= 0.6 is 0 Å². The number of ether oxygens (including phenoxy) is 2. The standard InChI is InChI=1S/C25H25NO4/c1-18-8-10-20(11-9-18)25(28)26(2)21-13-15-22(16-14-21)30-24(27)17-12-19-6-4-5-7-23(19)29-3/h4-11,13-16H,12,17H2,1-3H3. The Balaban J connectivity index is 1.57. The maximum Gasteiger partial charge on any atom is 0.311 e. The van der Waals surface area contributed by atoms with Gasteiger partial charge >= 0.3 is 5.97 Å². The minimum absolute atomic E-state index is 0.100. The normalized spacial score (nSPS) is 10.4. The number of amides is 1. The van der Waals surface area contributed by atoms with E-state index >= 15 is 0 Å². The van der Waals surface area contributed by atoms with Crippen molar-refractivity contribution >= 4 is 17.6 Å². The smallest absolute Gasteiger partial charge is 0.311 e. The van der Waals surface area contributed by atoms with Gasteiger partial charge in [-0.3, -0.25) is 9.59 Å². The number of carbonyl (C=O) groups excluding carboxylic acids is 2. The van der Waals surface area contributed by atoms with Crippen molar-refractivity contribution in [1.29, 1.82) is 0 Å². The third-order valence-electron chi connectivity index (χ3n) is 4.85. The van der Waals surface area contributed by atoms with E-state index in [9.17, 15) is 9.59 Å². The average molecular weight is 403 g/mol.